The molecule has 34 heavy (non-hydrogen) atoms. The van der Waals surface area contributed by atoms with E-state index in [1.807, 2.05) is 12.1 Å². The van der Waals surface area contributed by atoms with E-state index >= 15 is 0 Å². The summed E-state index contributed by atoms with van der Waals surface area (Å²) in [6.45, 7) is -0.0758. The van der Waals surface area contributed by atoms with Gasteiger partial charge in [0.05, 0.1) is 40.8 Å². The average molecular weight is 454 g/mol. The molecule has 2 N–H and O–H groups in total. The van der Waals surface area contributed by atoms with Crippen LogP contribution in [-0.4, -0.2) is 33.1 Å². The molecule has 0 unspecified atom stereocenters. The summed E-state index contributed by atoms with van der Waals surface area (Å²) in [7, 11) is 0. The molecule has 9 heteroatoms. The first kappa shape index (κ1) is 21.3. The number of carbonyl (C=O) groups excluding carboxylic acids is 2. The number of halogens is 1. The molecular formula is C25H19FN6O2. The van der Waals surface area contributed by atoms with Crippen LogP contribution in [0.1, 0.15) is 39.1 Å². The number of nitrogens with one attached hydrogen (secondary N) is 2. The molecule has 5 rings (SSSR count). The summed E-state index contributed by atoms with van der Waals surface area (Å²) in [5, 5.41) is 19.3. The minimum absolute atomic E-state index is 0.0758. The van der Waals surface area contributed by atoms with Crippen LogP contribution in [0.25, 0.3) is 16.6 Å². The van der Waals surface area contributed by atoms with Gasteiger partial charge < -0.3 is 10.6 Å². The monoisotopic (exact) mass is 454 g/mol. The molecule has 2 heterocycles. The van der Waals surface area contributed by atoms with E-state index in [4.69, 9.17) is 5.26 Å². The first-order valence-electron chi connectivity index (χ1n) is 10.7. The van der Waals surface area contributed by atoms with Crippen molar-refractivity contribution in [1.82, 2.24) is 25.4 Å². The van der Waals surface area contributed by atoms with Gasteiger partial charge in [-0.1, -0.05) is 12.1 Å². The number of benzene rings is 2. The number of carbonyl (C=O) groups is 2. The van der Waals surface area contributed by atoms with Crippen LogP contribution in [0.15, 0.2) is 67.1 Å². The van der Waals surface area contributed by atoms with Crippen molar-refractivity contribution in [3.63, 3.8) is 0 Å². The largest absolute Gasteiger partial charge is 0.342 e. The molecule has 1 saturated carbocycles. The van der Waals surface area contributed by atoms with Gasteiger partial charge in [-0.2, -0.15) is 10.4 Å². The van der Waals surface area contributed by atoms with Crippen molar-refractivity contribution in [1.29, 1.82) is 5.26 Å². The van der Waals surface area contributed by atoms with Gasteiger partial charge in [-0.25, -0.2) is 9.07 Å². The molecule has 0 atom stereocenters. The van der Waals surface area contributed by atoms with Crippen LogP contribution in [0, 0.1) is 17.1 Å². The zero-order valence-electron chi connectivity index (χ0n) is 18.0. The minimum atomic E-state index is -0.572. The normalized spacial score (nSPS) is 13.8. The molecule has 2 amide bonds. The van der Waals surface area contributed by atoms with E-state index in [1.165, 1.54) is 18.3 Å². The third-order valence-electron chi connectivity index (χ3n) is 5.92. The van der Waals surface area contributed by atoms with Crippen LogP contribution < -0.4 is 10.6 Å². The Hall–Kier alpha value is -4.58. The molecule has 0 spiro atoms. The van der Waals surface area contributed by atoms with Gasteiger partial charge in [0, 0.05) is 17.1 Å². The highest BCUT2D eigenvalue weighted by molar-refractivity contribution is 6.06. The number of hydrogen-bond donors (Lipinski definition) is 2. The van der Waals surface area contributed by atoms with Gasteiger partial charge in [0.15, 0.2) is 0 Å². The highest BCUT2D eigenvalue weighted by Gasteiger charge is 2.46. The molecular weight excluding hydrogens is 435 g/mol. The Balaban J connectivity index is 1.42. The molecule has 1 aliphatic carbocycles. The predicted octanol–water partition coefficient (Wildman–Crippen LogP) is 3.23. The zero-order chi connectivity index (χ0) is 23.7. The van der Waals surface area contributed by atoms with Crippen molar-refractivity contribution in [2.75, 3.05) is 6.54 Å². The molecule has 2 aromatic heterocycles. The maximum atomic E-state index is 13.3. The van der Waals surface area contributed by atoms with Crippen molar-refractivity contribution in [2.24, 2.45) is 0 Å². The van der Waals surface area contributed by atoms with Gasteiger partial charge in [-0.15, -0.1) is 0 Å². The van der Waals surface area contributed by atoms with E-state index in [2.05, 4.69) is 20.7 Å². The smallest absolute Gasteiger partial charge is 0.254 e. The number of nitriles is 1. The molecule has 0 radical (unpaired) electrons. The summed E-state index contributed by atoms with van der Waals surface area (Å²) >= 11 is 0. The van der Waals surface area contributed by atoms with E-state index in [1.54, 1.807) is 47.4 Å². The Morgan fingerprint density at radius 2 is 1.88 bits per heavy atom. The first-order chi connectivity index (χ1) is 16.5. The van der Waals surface area contributed by atoms with Crippen molar-refractivity contribution in [2.45, 2.75) is 18.4 Å². The summed E-state index contributed by atoms with van der Waals surface area (Å²) < 4.78 is 14.9. The maximum Gasteiger partial charge on any atom is 0.254 e. The fraction of sp³-hybridized carbons (Fsp3) is 0.160. The van der Waals surface area contributed by atoms with E-state index < -0.39 is 5.54 Å². The van der Waals surface area contributed by atoms with Crippen LogP contribution in [-0.2, 0) is 5.54 Å². The molecule has 8 nitrogen and oxygen atoms in total. The van der Waals surface area contributed by atoms with E-state index in [-0.39, 0.29) is 24.2 Å². The highest BCUT2D eigenvalue weighted by Crippen LogP contribution is 2.46. The molecule has 4 aromatic rings. The van der Waals surface area contributed by atoms with Crippen molar-refractivity contribution < 1.29 is 14.0 Å². The average Bonchev–Trinajstić information content (AvgIpc) is 3.51. The first-order valence-corrected chi connectivity index (χ1v) is 10.7. The maximum absolute atomic E-state index is 13.3. The van der Waals surface area contributed by atoms with Gasteiger partial charge >= 0.3 is 0 Å². The summed E-state index contributed by atoms with van der Waals surface area (Å²) in [6.07, 6.45) is 6.17. The third-order valence-corrected chi connectivity index (χ3v) is 5.92. The number of aromatic nitrogens is 3. The molecule has 0 saturated heterocycles. The van der Waals surface area contributed by atoms with E-state index in [0.29, 0.717) is 27.7 Å². The Morgan fingerprint density at radius 1 is 1.09 bits per heavy atom. The van der Waals surface area contributed by atoms with Gasteiger partial charge in [-0.05, 0) is 54.8 Å². The van der Waals surface area contributed by atoms with Crippen molar-refractivity contribution >= 4 is 22.7 Å². The van der Waals surface area contributed by atoms with Gasteiger partial charge in [0.25, 0.3) is 11.8 Å². The van der Waals surface area contributed by atoms with Crippen molar-refractivity contribution in [3.05, 3.63) is 89.6 Å². The van der Waals surface area contributed by atoms with Crippen LogP contribution in [0.4, 0.5) is 4.39 Å². The lowest BCUT2D eigenvalue weighted by molar-refractivity contribution is 0.0931. The molecule has 2 aromatic carbocycles. The fourth-order valence-corrected chi connectivity index (χ4v) is 3.99. The minimum Gasteiger partial charge on any atom is -0.342 e. The Bertz CT molecular complexity index is 1450. The van der Waals surface area contributed by atoms with Crippen LogP contribution in [0.2, 0.25) is 0 Å². The Kier molecular flexibility index (Phi) is 5.26. The number of pyridine rings is 1. The van der Waals surface area contributed by atoms with Gasteiger partial charge in [-0.3, -0.25) is 14.6 Å². The van der Waals surface area contributed by atoms with Crippen LogP contribution in [0.3, 0.4) is 0 Å². The summed E-state index contributed by atoms with van der Waals surface area (Å²) in [6, 6.07) is 14.8. The predicted molar refractivity (Wildman–Crippen MR) is 122 cm³/mol. The molecule has 1 fully saturated rings. The second kappa shape index (κ2) is 8.41. The lowest BCUT2D eigenvalue weighted by Gasteiger charge is -2.19. The number of amides is 2. The van der Waals surface area contributed by atoms with Crippen LogP contribution in [0.5, 0.6) is 0 Å². The highest BCUT2D eigenvalue weighted by atomic mass is 19.1. The second-order valence-corrected chi connectivity index (χ2v) is 8.11. The second-order valence-electron chi connectivity index (χ2n) is 8.11. The van der Waals surface area contributed by atoms with Crippen LogP contribution >= 0.6 is 0 Å². The third kappa shape index (κ3) is 3.86. The number of nitrogens with zero attached hydrogens (tertiary/aromatic N) is 4. The Morgan fingerprint density at radius 3 is 2.62 bits per heavy atom. The van der Waals surface area contributed by atoms with Gasteiger partial charge in [0.1, 0.15) is 12.4 Å². The lowest BCUT2D eigenvalue weighted by Crippen LogP contribution is -2.35. The molecule has 0 bridgehead atoms. The SMILES string of the molecule is N#CCNC(=O)c1cccc(C2(NC(=O)c3cncc4c3cnn4-c3ccc(F)cc3)CC2)c1. The van der Waals surface area contributed by atoms with E-state index in [9.17, 15) is 14.0 Å². The quantitative estimate of drug-likeness (QED) is 0.435. The van der Waals surface area contributed by atoms with Gasteiger partial charge in [0.2, 0.25) is 0 Å². The van der Waals surface area contributed by atoms with E-state index in [0.717, 1.165) is 18.4 Å². The molecule has 168 valence electrons. The summed E-state index contributed by atoms with van der Waals surface area (Å²) in [5.74, 6) is -0.985. The zero-order valence-corrected chi connectivity index (χ0v) is 18.0. The number of hydrogen-bond acceptors (Lipinski definition) is 5. The topological polar surface area (TPSA) is 113 Å². The molecule has 1 aliphatic rings. The molecule has 0 aliphatic heterocycles. The number of rotatable bonds is 6. The summed E-state index contributed by atoms with van der Waals surface area (Å²) in [4.78, 5) is 29.8. The Labute approximate surface area is 194 Å². The summed E-state index contributed by atoms with van der Waals surface area (Å²) in [5.41, 5.74) is 2.34. The van der Waals surface area contributed by atoms with Crippen molar-refractivity contribution in [3.8, 4) is 11.8 Å². The standard InChI is InChI=1S/C25H19FN6O2/c26-18-4-6-19(7-5-18)32-22-15-28-13-21(20(22)14-30-32)24(34)31-25(8-9-25)17-3-1-2-16(12-17)23(33)29-11-10-27/h1-7,12-15H,8-9,11H2,(H,29,33)(H,31,34). The lowest BCUT2D eigenvalue weighted by atomic mass is 10.0. The fourth-order valence-electron chi connectivity index (χ4n) is 3.99. The number of fused-ring (bicyclic) bond motifs is 1.